The van der Waals surface area contributed by atoms with E-state index in [9.17, 15) is 9.59 Å². The van der Waals surface area contributed by atoms with E-state index in [0.29, 0.717) is 16.9 Å². The highest BCUT2D eigenvalue weighted by Gasteiger charge is 2.58. The fourth-order valence-corrected chi connectivity index (χ4v) is 7.01. The van der Waals surface area contributed by atoms with Crippen molar-refractivity contribution in [1.29, 1.82) is 0 Å². The Balaban J connectivity index is 1.66. The van der Waals surface area contributed by atoms with E-state index in [0.717, 1.165) is 18.3 Å². The van der Waals surface area contributed by atoms with Crippen molar-refractivity contribution < 1.29 is 9.59 Å². The molecule has 0 radical (unpaired) electrons. The van der Waals surface area contributed by atoms with Crippen molar-refractivity contribution in [2.45, 2.75) is 91.1 Å². The summed E-state index contributed by atoms with van der Waals surface area (Å²) in [5, 5.41) is 6.19. The zero-order valence-corrected chi connectivity index (χ0v) is 17.7. The van der Waals surface area contributed by atoms with Crippen LogP contribution in [0.15, 0.2) is 11.6 Å². The Labute approximate surface area is 163 Å². The van der Waals surface area contributed by atoms with Crippen molar-refractivity contribution in [2.75, 3.05) is 0 Å². The van der Waals surface area contributed by atoms with E-state index in [1.165, 1.54) is 38.5 Å². The topological polar surface area (TPSA) is 58.2 Å². The molecule has 27 heavy (non-hydrogen) atoms. The fraction of sp³-hybridized carbons (Fsp3) is 0.826. The molecule has 3 fully saturated rings. The summed E-state index contributed by atoms with van der Waals surface area (Å²) in [5.41, 5.74) is 0.398. The van der Waals surface area contributed by atoms with Gasteiger partial charge in [0.1, 0.15) is 5.57 Å². The molecule has 4 nitrogen and oxygen atoms in total. The van der Waals surface area contributed by atoms with Gasteiger partial charge in [-0.1, -0.05) is 26.3 Å². The number of hydrogen-bond acceptors (Lipinski definition) is 2. The molecular weight excluding hydrogens is 336 g/mol. The van der Waals surface area contributed by atoms with Gasteiger partial charge in [-0.3, -0.25) is 9.59 Å². The molecule has 2 amide bonds. The van der Waals surface area contributed by atoms with Crippen molar-refractivity contribution in [3.05, 3.63) is 11.6 Å². The highest BCUT2D eigenvalue weighted by atomic mass is 16.2. The van der Waals surface area contributed by atoms with Gasteiger partial charge in [0, 0.05) is 17.0 Å². The van der Waals surface area contributed by atoms with Crippen molar-refractivity contribution in [2.24, 2.45) is 28.6 Å². The van der Waals surface area contributed by atoms with E-state index in [1.807, 2.05) is 20.8 Å². The highest BCUT2D eigenvalue weighted by Crippen LogP contribution is 2.63. The van der Waals surface area contributed by atoms with Gasteiger partial charge in [0.05, 0.1) is 0 Å². The van der Waals surface area contributed by atoms with Crippen LogP contribution in [0.4, 0.5) is 0 Å². The Morgan fingerprint density at radius 3 is 2.56 bits per heavy atom. The summed E-state index contributed by atoms with van der Waals surface area (Å²) in [6, 6.07) is 0.170. The first-order valence-electron chi connectivity index (χ1n) is 10.9. The molecule has 0 bridgehead atoms. The second-order valence-corrected chi connectivity index (χ2v) is 11.2. The number of carbonyl (C=O) groups is 2. The largest absolute Gasteiger partial charge is 0.348 e. The second-order valence-electron chi connectivity index (χ2n) is 11.2. The van der Waals surface area contributed by atoms with Gasteiger partial charge in [-0.2, -0.15) is 0 Å². The van der Waals surface area contributed by atoms with Crippen molar-refractivity contribution in [3.8, 4) is 0 Å². The average molecular weight is 373 g/mol. The average Bonchev–Trinajstić information content (AvgIpc) is 2.95. The van der Waals surface area contributed by atoms with Gasteiger partial charge in [0.15, 0.2) is 0 Å². The molecule has 0 aromatic carbocycles. The number of nitrogens with one attached hydrogen (secondary N) is 2. The number of rotatable bonds is 1. The van der Waals surface area contributed by atoms with E-state index in [-0.39, 0.29) is 28.8 Å². The van der Waals surface area contributed by atoms with Crippen molar-refractivity contribution >= 4 is 11.8 Å². The first kappa shape index (κ1) is 19.0. The number of hydrogen-bond donors (Lipinski definition) is 2. The van der Waals surface area contributed by atoms with Crippen LogP contribution in [-0.2, 0) is 9.59 Å². The van der Waals surface area contributed by atoms with E-state index in [2.05, 4.69) is 30.6 Å². The zero-order valence-electron chi connectivity index (χ0n) is 17.7. The fourth-order valence-electron chi connectivity index (χ4n) is 7.01. The van der Waals surface area contributed by atoms with E-state index in [1.54, 1.807) is 0 Å². The molecule has 3 aliphatic carbocycles. The van der Waals surface area contributed by atoms with Gasteiger partial charge in [-0.25, -0.2) is 0 Å². The van der Waals surface area contributed by atoms with Crippen LogP contribution in [0.5, 0.6) is 0 Å². The number of carbonyl (C=O) groups excluding carboxylic acids is 2. The van der Waals surface area contributed by atoms with Gasteiger partial charge in [0.25, 0.3) is 11.8 Å². The predicted octanol–water partition coefficient (Wildman–Crippen LogP) is 3.96. The molecule has 3 saturated carbocycles. The normalized spacial score (nSPS) is 43.7. The molecule has 150 valence electrons. The monoisotopic (exact) mass is 372 g/mol. The Morgan fingerprint density at radius 2 is 1.85 bits per heavy atom. The maximum atomic E-state index is 12.8. The summed E-state index contributed by atoms with van der Waals surface area (Å²) >= 11 is 0. The lowest BCUT2D eigenvalue weighted by Crippen LogP contribution is -2.61. The van der Waals surface area contributed by atoms with Crippen molar-refractivity contribution in [1.82, 2.24) is 10.6 Å². The molecule has 1 aliphatic heterocycles. The van der Waals surface area contributed by atoms with Gasteiger partial charge in [-0.15, -0.1) is 0 Å². The van der Waals surface area contributed by atoms with Gasteiger partial charge >= 0.3 is 0 Å². The molecule has 2 N–H and O–H groups in total. The number of amides is 2. The zero-order chi connectivity index (χ0) is 19.6. The van der Waals surface area contributed by atoms with Gasteiger partial charge in [-0.05, 0) is 82.5 Å². The summed E-state index contributed by atoms with van der Waals surface area (Å²) in [5.74, 6) is 1.71. The lowest BCUT2D eigenvalue weighted by atomic mass is 9.48. The maximum absolute atomic E-state index is 12.8. The molecule has 0 unspecified atom stereocenters. The van der Waals surface area contributed by atoms with Crippen LogP contribution in [0, 0.1) is 28.6 Å². The predicted molar refractivity (Wildman–Crippen MR) is 107 cm³/mol. The standard InChI is InChI=1S/C23H36N2O2/c1-21(2,3)25-20(27)15-13-23(5)17-10-12-22(4)11-6-7-16(22)14(17)8-9-18(23)24-19(15)26/h13-14,16-18H,6-12H2,1-5H3,(H,24,26)(H,25,27)/t14-,16-,17-,18+,22-,23+/m0/s1. The number of fused-ring (bicyclic) bond motifs is 5. The quantitative estimate of drug-likeness (QED) is 0.685. The molecule has 0 spiro atoms. The van der Waals surface area contributed by atoms with Gasteiger partial charge in [0.2, 0.25) is 0 Å². The Hall–Kier alpha value is -1.32. The molecule has 4 aliphatic rings. The second kappa shape index (κ2) is 6.09. The minimum absolute atomic E-state index is 0.106. The first-order valence-corrected chi connectivity index (χ1v) is 10.9. The SMILES string of the molecule is CC(C)(C)NC(=O)C1=C[C@@]2(C)[C@@H](CC[C@H]3[C@@H]4CCC[C@@]4(C)CC[C@@H]32)NC1=O. The molecular formula is C23H36N2O2. The first-order chi connectivity index (χ1) is 12.5. The third kappa shape index (κ3) is 3.03. The third-order valence-corrected chi connectivity index (χ3v) is 8.30. The summed E-state index contributed by atoms with van der Waals surface area (Å²) < 4.78 is 0. The highest BCUT2D eigenvalue weighted by molar-refractivity contribution is 6.19. The van der Waals surface area contributed by atoms with E-state index >= 15 is 0 Å². The van der Waals surface area contributed by atoms with Crippen LogP contribution in [0.1, 0.15) is 79.6 Å². The summed E-state index contributed by atoms with van der Waals surface area (Å²) in [4.78, 5) is 25.5. The lowest BCUT2D eigenvalue weighted by molar-refractivity contribution is -0.128. The Kier molecular flexibility index (Phi) is 4.29. The lowest BCUT2D eigenvalue weighted by Gasteiger charge is -2.58. The smallest absolute Gasteiger partial charge is 0.256 e. The van der Waals surface area contributed by atoms with Crippen LogP contribution in [0.3, 0.4) is 0 Å². The van der Waals surface area contributed by atoms with Gasteiger partial charge < -0.3 is 10.6 Å². The van der Waals surface area contributed by atoms with E-state index in [4.69, 9.17) is 0 Å². The minimum atomic E-state index is -0.346. The van der Waals surface area contributed by atoms with Crippen molar-refractivity contribution in [3.63, 3.8) is 0 Å². The molecule has 0 saturated heterocycles. The van der Waals surface area contributed by atoms with Crippen LogP contribution in [0.25, 0.3) is 0 Å². The summed E-state index contributed by atoms with van der Waals surface area (Å²) in [7, 11) is 0. The Bertz CT molecular complexity index is 691. The molecule has 0 aromatic rings. The third-order valence-electron chi connectivity index (χ3n) is 8.30. The van der Waals surface area contributed by atoms with Crippen LogP contribution >= 0.6 is 0 Å². The molecule has 4 rings (SSSR count). The maximum Gasteiger partial charge on any atom is 0.256 e. The van der Waals surface area contributed by atoms with Crippen LogP contribution < -0.4 is 10.6 Å². The Morgan fingerprint density at radius 1 is 1.11 bits per heavy atom. The van der Waals surface area contributed by atoms with Crippen LogP contribution in [0.2, 0.25) is 0 Å². The summed E-state index contributed by atoms with van der Waals surface area (Å²) in [6.07, 6.45) is 11.0. The molecule has 0 aromatic heterocycles. The summed E-state index contributed by atoms with van der Waals surface area (Å²) in [6.45, 7) is 10.7. The van der Waals surface area contributed by atoms with Crippen LogP contribution in [-0.4, -0.2) is 23.4 Å². The van der Waals surface area contributed by atoms with E-state index < -0.39 is 0 Å². The molecule has 4 heteroatoms. The molecule has 1 heterocycles. The molecule has 6 atom stereocenters. The minimum Gasteiger partial charge on any atom is -0.348 e.